The first-order valence-corrected chi connectivity index (χ1v) is 7.61. The fraction of sp³-hybridized carbons (Fsp3) is 0.500. The Bertz CT molecular complexity index is 646. The molecule has 5 heteroatoms. The van der Waals surface area contributed by atoms with Crippen LogP contribution in [0, 0.1) is 0 Å². The number of nitrogens with zero attached hydrogens (tertiary/aromatic N) is 2. The Morgan fingerprint density at radius 3 is 2.86 bits per heavy atom. The predicted octanol–water partition coefficient (Wildman–Crippen LogP) is 2.71. The van der Waals surface area contributed by atoms with E-state index in [0.717, 1.165) is 49.2 Å². The van der Waals surface area contributed by atoms with Gasteiger partial charge in [-0.3, -0.25) is 0 Å². The zero-order valence-corrected chi connectivity index (χ0v) is 11.9. The monoisotopic (exact) mass is 285 g/mol. The average molecular weight is 285 g/mol. The number of benzene rings is 1. The van der Waals surface area contributed by atoms with Crippen LogP contribution in [0.4, 0.5) is 0 Å². The maximum Gasteiger partial charge on any atom is 0.246 e. The Labute approximate surface area is 123 Å². The Kier molecular flexibility index (Phi) is 2.96. The number of hydrogen-bond acceptors (Lipinski definition) is 5. The summed E-state index contributed by atoms with van der Waals surface area (Å²) in [6, 6.07) is 8.06. The first-order chi connectivity index (χ1) is 10.3. The quantitative estimate of drug-likeness (QED) is 0.918. The second-order valence-corrected chi connectivity index (χ2v) is 6.05. The van der Waals surface area contributed by atoms with Crippen molar-refractivity contribution in [3.05, 3.63) is 41.5 Å². The highest BCUT2D eigenvalue weighted by Gasteiger charge is 2.38. The van der Waals surface area contributed by atoms with Crippen LogP contribution in [0.2, 0.25) is 0 Å². The van der Waals surface area contributed by atoms with Crippen LogP contribution in [-0.2, 0) is 5.54 Å². The number of fused-ring (bicyclic) bond motifs is 1. The molecule has 0 saturated heterocycles. The molecule has 5 nitrogen and oxygen atoms in total. The van der Waals surface area contributed by atoms with Gasteiger partial charge in [0.1, 0.15) is 5.75 Å². The summed E-state index contributed by atoms with van der Waals surface area (Å²) in [6.45, 7) is 0.680. The third-order valence-electron chi connectivity index (χ3n) is 4.63. The fourth-order valence-corrected chi connectivity index (χ4v) is 3.41. The summed E-state index contributed by atoms with van der Waals surface area (Å²) in [5, 5.41) is 4.21. The van der Waals surface area contributed by atoms with Crippen molar-refractivity contribution in [3.8, 4) is 5.75 Å². The highest BCUT2D eigenvalue weighted by atomic mass is 16.5. The molecule has 0 radical (unpaired) electrons. The van der Waals surface area contributed by atoms with E-state index in [4.69, 9.17) is 15.0 Å². The van der Waals surface area contributed by atoms with Crippen molar-refractivity contribution < 1.29 is 9.26 Å². The van der Waals surface area contributed by atoms with Gasteiger partial charge in [0.15, 0.2) is 5.82 Å². The minimum Gasteiger partial charge on any atom is -0.493 e. The van der Waals surface area contributed by atoms with Gasteiger partial charge in [-0.1, -0.05) is 36.2 Å². The van der Waals surface area contributed by atoms with E-state index in [1.165, 1.54) is 0 Å². The summed E-state index contributed by atoms with van der Waals surface area (Å²) in [5.41, 5.74) is 7.11. The van der Waals surface area contributed by atoms with Gasteiger partial charge in [-0.15, -0.1) is 0 Å². The largest absolute Gasteiger partial charge is 0.493 e. The van der Waals surface area contributed by atoms with Gasteiger partial charge in [-0.25, -0.2) is 0 Å². The van der Waals surface area contributed by atoms with Crippen molar-refractivity contribution in [2.45, 2.75) is 43.6 Å². The molecular formula is C16H19N3O2. The fourth-order valence-electron chi connectivity index (χ4n) is 3.41. The Hall–Kier alpha value is -1.88. The van der Waals surface area contributed by atoms with Crippen molar-refractivity contribution in [1.29, 1.82) is 0 Å². The van der Waals surface area contributed by atoms with Crippen molar-refractivity contribution in [2.75, 3.05) is 6.61 Å². The molecule has 2 aromatic rings. The molecule has 0 spiro atoms. The summed E-state index contributed by atoms with van der Waals surface area (Å²) in [4.78, 5) is 4.63. The molecule has 1 aliphatic carbocycles. The summed E-state index contributed by atoms with van der Waals surface area (Å²) in [6.07, 6.45) is 4.99. The topological polar surface area (TPSA) is 74.2 Å². The zero-order chi connectivity index (χ0) is 14.3. The van der Waals surface area contributed by atoms with Gasteiger partial charge in [0.25, 0.3) is 0 Å². The SMILES string of the molecule is NC1(c2nc(C3CCOc4ccccc43)no2)CCCC1. The van der Waals surface area contributed by atoms with E-state index < -0.39 is 5.54 Å². The minimum atomic E-state index is -0.421. The second-order valence-electron chi connectivity index (χ2n) is 6.05. The smallest absolute Gasteiger partial charge is 0.246 e. The minimum absolute atomic E-state index is 0.137. The van der Waals surface area contributed by atoms with Crippen LogP contribution < -0.4 is 10.5 Å². The molecule has 110 valence electrons. The lowest BCUT2D eigenvalue weighted by Gasteiger charge is -2.23. The van der Waals surface area contributed by atoms with Crippen molar-refractivity contribution >= 4 is 0 Å². The van der Waals surface area contributed by atoms with Crippen molar-refractivity contribution in [1.82, 2.24) is 10.1 Å². The first-order valence-electron chi connectivity index (χ1n) is 7.61. The molecule has 1 saturated carbocycles. The standard InChI is InChI=1S/C16H19N3O2/c17-16(8-3-4-9-16)15-18-14(19-21-15)12-7-10-20-13-6-2-1-5-11(12)13/h1-2,5-6,12H,3-4,7-10,17H2. The van der Waals surface area contributed by atoms with E-state index in [1.54, 1.807) is 0 Å². The molecule has 4 rings (SSSR count). The van der Waals surface area contributed by atoms with Gasteiger partial charge >= 0.3 is 0 Å². The Balaban J connectivity index is 1.68. The Morgan fingerprint density at radius 2 is 2.00 bits per heavy atom. The van der Waals surface area contributed by atoms with Gasteiger partial charge in [0.2, 0.25) is 5.89 Å². The van der Waals surface area contributed by atoms with Gasteiger partial charge in [-0.2, -0.15) is 4.98 Å². The van der Waals surface area contributed by atoms with Crippen LogP contribution in [0.15, 0.2) is 28.8 Å². The Morgan fingerprint density at radius 1 is 1.19 bits per heavy atom. The summed E-state index contributed by atoms with van der Waals surface area (Å²) in [7, 11) is 0. The maximum atomic E-state index is 6.40. The molecule has 2 heterocycles. The normalized spacial score (nSPS) is 23.6. The number of aromatic nitrogens is 2. The van der Waals surface area contributed by atoms with E-state index in [2.05, 4.69) is 16.2 Å². The predicted molar refractivity (Wildman–Crippen MR) is 77.0 cm³/mol. The summed E-state index contributed by atoms with van der Waals surface area (Å²) < 4.78 is 11.2. The number of ether oxygens (including phenoxy) is 1. The van der Waals surface area contributed by atoms with E-state index in [-0.39, 0.29) is 5.92 Å². The highest BCUT2D eigenvalue weighted by molar-refractivity contribution is 5.40. The molecule has 1 unspecified atom stereocenters. The first kappa shape index (κ1) is 12.8. The zero-order valence-electron chi connectivity index (χ0n) is 11.9. The van der Waals surface area contributed by atoms with Crippen LogP contribution in [0.25, 0.3) is 0 Å². The van der Waals surface area contributed by atoms with Gasteiger partial charge in [0, 0.05) is 5.56 Å². The lowest BCUT2D eigenvalue weighted by atomic mass is 9.92. The molecule has 2 N–H and O–H groups in total. The van der Waals surface area contributed by atoms with Crippen LogP contribution >= 0.6 is 0 Å². The summed E-state index contributed by atoms with van der Waals surface area (Å²) >= 11 is 0. The number of rotatable bonds is 2. The number of nitrogens with two attached hydrogens (primary N) is 1. The third kappa shape index (κ3) is 2.12. The van der Waals surface area contributed by atoms with Crippen LogP contribution in [-0.4, -0.2) is 16.7 Å². The average Bonchev–Trinajstić information content (AvgIpc) is 3.16. The van der Waals surface area contributed by atoms with Crippen molar-refractivity contribution in [2.24, 2.45) is 5.73 Å². The maximum absolute atomic E-state index is 6.40. The molecule has 1 fully saturated rings. The second kappa shape index (κ2) is 4.84. The van der Waals surface area contributed by atoms with E-state index >= 15 is 0 Å². The molecule has 2 aliphatic rings. The molecular weight excluding hydrogens is 266 g/mol. The lowest BCUT2D eigenvalue weighted by molar-refractivity contribution is 0.268. The van der Waals surface area contributed by atoms with E-state index in [0.29, 0.717) is 12.5 Å². The number of hydrogen-bond donors (Lipinski definition) is 1. The van der Waals surface area contributed by atoms with Crippen LogP contribution in [0.3, 0.4) is 0 Å². The van der Waals surface area contributed by atoms with Gasteiger partial charge < -0.3 is 15.0 Å². The summed E-state index contributed by atoms with van der Waals surface area (Å²) in [5.74, 6) is 2.39. The van der Waals surface area contributed by atoms with Gasteiger partial charge in [0.05, 0.1) is 18.1 Å². The van der Waals surface area contributed by atoms with Gasteiger partial charge in [-0.05, 0) is 25.3 Å². The van der Waals surface area contributed by atoms with Crippen LogP contribution in [0.1, 0.15) is 55.3 Å². The molecule has 0 bridgehead atoms. The van der Waals surface area contributed by atoms with Crippen molar-refractivity contribution in [3.63, 3.8) is 0 Å². The molecule has 1 aromatic carbocycles. The van der Waals surface area contributed by atoms with E-state index in [9.17, 15) is 0 Å². The number of para-hydroxylation sites is 1. The lowest BCUT2D eigenvalue weighted by Crippen LogP contribution is -2.33. The molecule has 21 heavy (non-hydrogen) atoms. The highest BCUT2D eigenvalue weighted by Crippen LogP contribution is 2.39. The third-order valence-corrected chi connectivity index (χ3v) is 4.63. The van der Waals surface area contributed by atoms with E-state index in [1.807, 2.05) is 18.2 Å². The molecule has 1 aliphatic heterocycles. The van der Waals surface area contributed by atoms with Crippen LogP contribution in [0.5, 0.6) is 5.75 Å². The molecule has 0 amide bonds. The molecule has 1 atom stereocenters. The molecule has 1 aromatic heterocycles.